The highest BCUT2D eigenvalue weighted by atomic mass is 16.6. The first-order chi connectivity index (χ1) is 22.4. The van der Waals surface area contributed by atoms with E-state index in [-0.39, 0.29) is 13.0 Å². The van der Waals surface area contributed by atoms with Gasteiger partial charge in [-0.3, -0.25) is 14.3 Å². The number of unbranched alkanes of at least 4 members (excludes halogenated alkanes) is 3. The Bertz CT molecular complexity index is 1650. The lowest BCUT2D eigenvalue weighted by Gasteiger charge is -2.37. The maximum Gasteiger partial charge on any atom is 0.330 e. The Morgan fingerprint density at radius 1 is 0.913 bits per heavy atom. The number of aliphatic hydroxyl groups is 1. The second-order valence-corrected chi connectivity index (χ2v) is 11.4. The molecule has 0 radical (unpaired) electrons. The average Bonchev–Trinajstić information content (AvgIpc) is 3.46. The summed E-state index contributed by atoms with van der Waals surface area (Å²) in [5, 5.41) is 11.2. The van der Waals surface area contributed by atoms with Crippen LogP contribution in [0.3, 0.4) is 0 Å². The Hall–Kier alpha value is -4.44. The molecular weight excluding hydrogens is 584 g/mol. The van der Waals surface area contributed by atoms with Crippen molar-refractivity contribution in [2.75, 3.05) is 20.8 Å². The molecule has 0 saturated carbocycles. The second kappa shape index (κ2) is 15.2. The molecule has 46 heavy (non-hydrogen) atoms. The van der Waals surface area contributed by atoms with Crippen molar-refractivity contribution in [2.45, 2.75) is 63.1 Å². The number of rotatable bonds is 14. The molecule has 0 spiro atoms. The highest BCUT2D eigenvalue weighted by molar-refractivity contribution is 5.50. The predicted molar refractivity (Wildman–Crippen MR) is 177 cm³/mol. The number of nitrogens with one attached hydrogen (secondary N) is 1. The number of benzene rings is 3. The van der Waals surface area contributed by atoms with Gasteiger partial charge in [-0.05, 0) is 53.8 Å². The smallest absolute Gasteiger partial charge is 0.330 e. The van der Waals surface area contributed by atoms with Gasteiger partial charge in [-0.25, -0.2) is 4.79 Å². The number of aliphatic hydroxyl groups excluding tert-OH is 1. The summed E-state index contributed by atoms with van der Waals surface area (Å²) in [5.41, 5.74) is 0.783. The van der Waals surface area contributed by atoms with E-state index in [0.717, 1.165) is 42.4 Å². The van der Waals surface area contributed by atoms with E-state index < -0.39 is 35.3 Å². The van der Waals surface area contributed by atoms with Crippen LogP contribution < -0.4 is 20.7 Å². The van der Waals surface area contributed by atoms with Gasteiger partial charge in [0.1, 0.15) is 29.4 Å². The van der Waals surface area contributed by atoms with Gasteiger partial charge in [0.05, 0.1) is 32.5 Å². The van der Waals surface area contributed by atoms with Crippen LogP contribution in [0.4, 0.5) is 0 Å². The van der Waals surface area contributed by atoms with Crippen LogP contribution in [0.5, 0.6) is 11.5 Å². The third-order valence-corrected chi connectivity index (χ3v) is 8.42. The van der Waals surface area contributed by atoms with Crippen molar-refractivity contribution < 1.29 is 24.1 Å². The van der Waals surface area contributed by atoms with Gasteiger partial charge in [0, 0.05) is 12.6 Å². The van der Waals surface area contributed by atoms with Crippen LogP contribution >= 0.6 is 0 Å². The van der Waals surface area contributed by atoms with Crippen molar-refractivity contribution in [3.63, 3.8) is 0 Å². The topological polar surface area (TPSA) is 112 Å². The summed E-state index contributed by atoms with van der Waals surface area (Å²) in [7, 11) is 3.24. The zero-order valence-corrected chi connectivity index (χ0v) is 26.6. The first-order valence-corrected chi connectivity index (χ1v) is 15.7. The summed E-state index contributed by atoms with van der Waals surface area (Å²) in [6, 6.07) is 25.2. The zero-order chi connectivity index (χ0) is 32.5. The van der Waals surface area contributed by atoms with E-state index >= 15 is 0 Å². The molecule has 1 saturated heterocycles. The number of hydrogen-bond acceptors (Lipinski definition) is 7. The lowest BCUT2D eigenvalue weighted by molar-refractivity contribution is -0.0944. The maximum absolute atomic E-state index is 12.9. The van der Waals surface area contributed by atoms with E-state index in [9.17, 15) is 14.7 Å². The Labute approximate surface area is 269 Å². The lowest BCUT2D eigenvalue weighted by atomic mass is 9.80. The summed E-state index contributed by atoms with van der Waals surface area (Å²) in [6.07, 6.45) is 6.97. The Morgan fingerprint density at radius 2 is 1.52 bits per heavy atom. The van der Waals surface area contributed by atoms with Crippen molar-refractivity contribution >= 4 is 6.08 Å². The standard InChI is InChI=1S/C37H42N2O7/c1-4-5-6-7-9-12-26-24-39(36(42)38-35(26)41)34-23-32(40)33(46-34)25-45-37(27-13-10-8-11-14-27,28-15-19-30(43-2)20-16-28)29-17-21-31(44-3)22-18-29/h8-22,24,32-34,40H,4-7,23,25H2,1-3H3,(H,38,41,42)/b12-9+/t32-,33+,34+/m0/s1. The van der Waals surface area contributed by atoms with Gasteiger partial charge < -0.3 is 24.1 Å². The quantitative estimate of drug-likeness (QED) is 0.134. The number of aromatic amines is 1. The van der Waals surface area contributed by atoms with E-state index in [1.807, 2.05) is 84.9 Å². The minimum Gasteiger partial charge on any atom is -0.497 e. The van der Waals surface area contributed by atoms with Crippen LogP contribution in [0.2, 0.25) is 0 Å². The molecule has 3 atom stereocenters. The summed E-state index contributed by atoms with van der Waals surface area (Å²) in [4.78, 5) is 27.8. The largest absolute Gasteiger partial charge is 0.497 e. The molecule has 9 heteroatoms. The molecule has 5 rings (SSSR count). The molecule has 1 aromatic heterocycles. The third-order valence-electron chi connectivity index (χ3n) is 8.42. The Balaban J connectivity index is 1.46. The molecule has 0 bridgehead atoms. The molecule has 2 N–H and O–H groups in total. The van der Waals surface area contributed by atoms with E-state index in [0.29, 0.717) is 17.1 Å². The molecule has 2 heterocycles. The van der Waals surface area contributed by atoms with E-state index in [1.165, 1.54) is 10.8 Å². The van der Waals surface area contributed by atoms with E-state index in [2.05, 4.69) is 11.9 Å². The van der Waals surface area contributed by atoms with Gasteiger partial charge in [0.2, 0.25) is 0 Å². The van der Waals surface area contributed by atoms with Gasteiger partial charge in [0.25, 0.3) is 5.56 Å². The summed E-state index contributed by atoms with van der Waals surface area (Å²) < 4.78 is 25.4. The van der Waals surface area contributed by atoms with Gasteiger partial charge >= 0.3 is 5.69 Å². The van der Waals surface area contributed by atoms with Gasteiger partial charge in [-0.15, -0.1) is 0 Å². The monoisotopic (exact) mass is 626 g/mol. The summed E-state index contributed by atoms with van der Waals surface area (Å²) in [6.45, 7) is 2.14. The number of hydrogen-bond donors (Lipinski definition) is 2. The first-order valence-electron chi connectivity index (χ1n) is 15.7. The first kappa shape index (κ1) is 32.9. The van der Waals surface area contributed by atoms with Crippen molar-refractivity contribution in [3.8, 4) is 11.5 Å². The van der Waals surface area contributed by atoms with Crippen molar-refractivity contribution in [2.24, 2.45) is 0 Å². The fourth-order valence-electron chi connectivity index (χ4n) is 5.87. The van der Waals surface area contributed by atoms with Gasteiger partial charge in [0.15, 0.2) is 0 Å². The highest BCUT2D eigenvalue weighted by Crippen LogP contribution is 2.42. The average molecular weight is 627 g/mol. The summed E-state index contributed by atoms with van der Waals surface area (Å²) >= 11 is 0. The highest BCUT2D eigenvalue weighted by Gasteiger charge is 2.42. The SMILES string of the molecule is CCCCC/C=C/c1cn([C@H]2C[C@H](O)[C@@H](COC(c3ccccc3)(c3ccc(OC)cc3)c3ccc(OC)cc3)O2)c(=O)[nH]c1=O. The molecule has 4 aromatic rings. The molecule has 0 unspecified atom stereocenters. The molecule has 1 aliphatic rings. The lowest BCUT2D eigenvalue weighted by Crippen LogP contribution is -2.38. The fourth-order valence-corrected chi connectivity index (χ4v) is 5.87. The Kier molecular flexibility index (Phi) is 10.9. The molecule has 3 aromatic carbocycles. The molecule has 0 aliphatic carbocycles. The number of nitrogens with zero attached hydrogens (tertiary/aromatic N) is 1. The normalized spacial score (nSPS) is 18.2. The predicted octanol–water partition coefficient (Wildman–Crippen LogP) is 5.80. The number of ether oxygens (including phenoxy) is 4. The number of aromatic nitrogens is 2. The molecule has 1 aliphatic heterocycles. The Morgan fingerprint density at radius 3 is 2.11 bits per heavy atom. The van der Waals surface area contributed by atoms with Crippen molar-refractivity contribution in [1.29, 1.82) is 0 Å². The van der Waals surface area contributed by atoms with Crippen LogP contribution in [-0.2, 0) is 15.1 Å². The maximum atomic E-state index is 12.9. The number of H-pyrrole nitrogens is 1. The van der Waals surface area contributed by atoms with Gasteiger partial charge in [-0.2, -0.15) is 0 Å². The summed E-state index contributed by atoms with van der Waals surface area (Å²) in [5.74, 6) is 1.42. The molecule has 0 amide bonds. The molecular formula is C37H42N2O7. The zero-order valence-electron chi connectivity index (χ0n) is 26.6. The second-order valence-electron chi connectivity index (χ2n) is 11.4. The molecule has 1 fully saturated rings. The van der Waals surface area contributed by atoms with Crippen LogP contribution in [-0.4, -0.2) is 47.7 Å². The fraction of sp³-hybridized carbons (Fsp3) is 0.351. The number of methoxy groups -OCH3 is 2. The van der Waals surface area contributed by atoms with E-state index in [1.54, 1.807) is 20.3 Å². The number of allylic oxidation sites excluding steroid dienone is 1. The van der Waals surface area contributed by atoms with Gasteiger partial charge in [-0.1, -0.05) is 86.5 Å². The molecule has 9 nitrogen and oxygen atoms in total. The third kappa shape index (κ3) is 7.17. The minimum atomic E-state index is -1.09. The van der Waals surface area contributed by atoms with Crippen LogP contribution in [0.1, 0.15) is 67.5 Å². The van der Waals surface area contributed by atoms with Crippen LogP contribution in [0.25, 0.3) is 6.08 Å². The van der Waals surface area contributed by atoms with Crippen molar-refractivity contribution in [3.05, 3.63) is 134 Å². The van der Waals surface area contributed by atoms with Crippen LogP contribution in [0.15, 0.2) is 101 Å². The minimum absolute atomic E-state index is 0.00686. The van der Waals surface area contributed by atoms with E-state index in [4.69, 9.17) is 18.9 Å². The molecule has 242 valence electrons. The van der Waals surface area contributed by atoms with Crippen LogP contribution in [0, 0.1) is 0 Å². The van der Waals surface area contributed by atoms with Crippen molar-refractivity contribution in [1.82, 2.24) is 9.55 Å².